The zero-order valence-corrected chi connectivity index (χ0v) is 19.2. The van der Waals surface area contributed by atoms with Crippen molar-refractivity contribution in [2.24, 2.45) is 0 Å². The van der Waals surface area contributed by atoms with Gasteiger partial charge in [-0.25, -0.2) is 9.97 Å². The number of para-hydroxylation sites is 1. The molecule has 0 unspecified atom stereocenters. The predicted molar refractivity (Wildman–Crippen MR) is 133 cm³/mol. The van der Waals surface area contributed by atoms with E-state index >= 15 is 0 Å². The number of benzene rings is 2. The number of methoxy groups -OCH3 is 1. The van der Waals surface area contributed by atoms with Crippen LogP contribution >= 0.6 is 0 Å². The van der Waals surface area contributed by atoms with Crippen LogP contribution in [-0.2, 0) is 0 Å². The minimum absolute atomic E-state index is 0.665. The molecule has 2 N–H and O–H groups in total. The highest BCUT2D eigenvalue weighted by Gasteiger charge is 2.20. The molecule has 8 heteroatoms. The van der Waals surface area contributed by atoms with Gasteiger partial charge in [-0.05, 0) is 45.0 Å². The zero-order chi connectivity index (χ0) is 23.4. The van der Waals surface area contributed by atoms with Crippen LogP contribution in [0.5, 0.6) is 5.75 Å². The van der Waals surface area contributed by atoms with Gasteiger partial charge >= 0.3 is 0 Å². The van der Waals surface area contributed by atoms with E-state index in [1.807, 2.05) is 57.2 Å². The molecule has 0 fully saturated rings. The largest absolute Gasteiger partial charge is 0.496 e. The van der Waals surface area contributed by atoms with Crippen LogP contribution < -0.4 is 10.1 Å². The van der Waals surface area contributed by atoms with E-state index in [2.05, 4.69) is 31.5 Å². The molecule has 0 aliphatic carbocycles. The Morgan fingerprint density at radius 3 is 2.65 bits per heavy atom. The van der Waals surface area contributed by atoms with E-state index < -0.39 is 0 Å². The van der Waals surface area contributed by atoms with E-state index in [1.165, 1.54) is 0 Å². The first-order chi connectivity index (χ1) is 16.5. The lowest BCUT2D eigenvalue weighted by atomic mass is 10.0. The molecule has 0 saturated heterocycles. The summed E-state index contributed by atoms with van der Waals surface area (Å²) in [6.45, 7) is 5.72. The molecule has 0 radical (unpaired) electrons. The van der Waals surface area contributed by atoms with E-state index in [4.69, 9.17) is 14.2 Å². The van der Waals surface area contributed by atoms with Crippen molar-refractivity contribution >= 4 is 44.3 Å². The summed E-state index contributed by atoms with van der Waals surface area (Å²) in [4.78, 5) is 17.4. The van der Waals surface area contributed by atoms with Gasteiger partial charge in [-0.1, -0.05) is 23.4 Å². The Kier molecular flexibility index (Phi) is 4.48. The van der Waals surface area contributed by atoms with Gasteiger partial charge < -0.3 is 19.6 Å². The molecule has 168 valence electrons. The SMILES string of the molecule is COc1cc2c(cc1-c1c(C)noc1C)[nH]c1nc(C)nc(Nc3ccnc4ccccc34)c12. The first-order valence-corrected chi connectivity index (χ1v) is 11.0. The number of anilines is 2. The second-order valence-electron chi connectivity index (χ2n) is 8.27. The third-order valence-electron chi connectivity index (χ3n) is 6.09. The standard InChI is InChI=1S/C26H22N6O2/c1-13-23(14(2)34-32-13)18-11-21-17(12-22(18)33-4)24-25(28-15(3)29-26(24)31-21)30-20-9-10-27-19-8-6-5-7-16(19)20/h5-12H,1-4H3,(H2,27,28,29,30,31). The highest BCUT2D eigenvalue weighted by Crippen LogP contribution is 2.41. The van der Waals surface area contributed by atoms with E-state index in [0.29, 0.717) is 5.82 Å². The number of aromatic amines is 1. The Balaban J connectivity index is 1.59. The number of rotatable bonds is 4. The molecule has 0 amide bonds. The predicted octanol–water partition coefficient (Wildman–Crippen LogP) is 5.99. The molecule has 6 aromatic rings. The van der Waals surface area contributed by atoms with E-state index in [0.717, 1.165) is 72.7 Å². The van der Waals surface area contributed by atoms with Crippen LogP contribution in [0.15, 0.2) is 53.2 Å². The normalized spacial score (nSPS) is 11.5. The highest BCUT2D eigenvalue weighted by molar-refractivity contribution is 6.13. The molecular formula is C26H22N6O2. The second kappa shape index (κ2) is 7.55. The Morgan fingerprint density at radius 2 is 1.85 bits per heavy atom. The summed E-state index contributed by atoms with van der Waals surface area (Å²) in [5.41, 5.74) is 6.18. The maximum absolute atomic E-state index is 5.79. The van der Waals surface area contributed by atoms with Gasteiger partial charge in [-0.15, -0.1) is 0 Å². The fourth-order valence-electron chi connectivity index (χ4n) is 4.59. The lowest BCUT2D eigenvalue weighted by molar-refractivity contribution is 0.393. The van der Waals surface area contributed by atoms with Gasteiger partial charge in [-0.2, -0.15) is 0 Å². The minimum atomic E-state index is 0.665. The van der Waals surface area contributed by atoms with Gasteiger partial charge in [0.25, 0.3) is 0 Å². The van der Waals surface area contributed by atoms with Crippen LogP contribution in [0.1, 0.15) is 17.3 Å². The van der Waals surface area contributed by atoms with Crippen molar-refractivity contribution in [3.05, 3.63) is 65.9 Å². The summed E-state index contributed by atoms with van der Waals surface area (Å²) >= 11 is 0. The summed E-state index contributed by atoms with van der Waals surface area (Å²) in [5.74, 6) is 2.85. The number of H-pyrrole nitrogens is 1. The molecule has 0 spiro atoms. The van der Waals surface area contributed by atoms with Crippen molar-refractivity contribution in [2.75, 3.05) is 12.4 Å². The molecule has 34 heavy (non-hydrogen) atoms. The second-order valence-corrected chi connectivity index (χ2v) is 8.27. The lowest BCUT2D eigenvalue weighted by Gasteiger charge is -2.11. The molecular weight excluding hydrogens is 428 g/mol. The number of pyridine rings is 1. The average Bonchev–Trinajstić information content (AvgIpc) is 3.36. The highest BCUT2D eigenvalue weighted by atomic mass is 16.5. The van der Waals surface area contributed by atoms with Gasteiger partial charge in [0, 0.05) is 28.0 Å². The van der Waals surface area contributed by atoms with Crippen LogP contribution in [0.2, 0.25) is 0 Å². The van der Waals surface area contributed by atoms with Crippen LogP contribution in [0.3, 0.4) is 0 Å². The molecule has 0 bridgehead atoms. The van der Waals surface area contributed by atoms with Gasteiger partial charge in [0.05, 0.1) is 35.0 Å². The van der Waals surface area contributed by atoms with Gasteiger partial charge in [0.2, 0.25) is 0 Å². The number of nitrogens with zero attached hydrogens (tertiary/aromatic N) is 4. The van der Waals surface area contributed by atoms with E-state index in [1.54, 1.807) is 13.3 Å². The summed E-state index contributed by atoms with van der Waals surface area (Å²) in [6.07, 6.45) is 1.80. The van der Waals surface area contributed by atoms with Gasteiger partial charge in [0.15, 0.2) is 0 Å². The minimum Gasteiger partial charge on any atom is -0.496 e. The van der Waals surface area contributed by atoms with E-state index in [-0.39, 0.29) is 0 Å². The fraction of sp³-hybridized carbons (Fsp3) is 0.154. The average molecular weight is 451 g/mol. The zero-order valence-electron chi connectivity index (χ0n) is 19.2. The van der Waals surface area contributed by atoms with Crippen molar-refractivity contribution in [3.63, 3.8) is 0 Å². The van der Waals surface area contributed by atoms with Gasteiger partial charge in [0.1, 0.15) is 28.8 Å². The number of nitrogens with one attached hydrogen (secondary N) is 2. The van der Waals surface area contributed by atoms with Gasteiger partial charge in [-0.3, -0.25) is 4.98 Å². The summed E-state index contributed by atoms with van der Waals surface area (Å²) in [6, 6.07) is 14.1. The van der Waals surface area contributed by atoms with Crippen molar-refractivity contribution in [1.82, 2.24) is 25.1 Å². The Morgan fingerprint density at radius 1 is 1.00 bits per heavy atom. The number of aryl methyl sites for hydroxylation is 3. The molecule has 0 saturated carbocycles. The summed E-state index contributed by atoms with van der Waals surface area (Å²) in [5, 5.41) is 10.5. The van der Waals surface area contributed by atoms with Crippen molar-refractivity contribution < 1.29 is 9.26 Å². The van der Waals surface area contributed by atoms with Crippen LogP contribution in [-0.4, -0.2) is 32.2 Å². The smallest absolute Gasteiger partial charge is 0.144 e. The molecule has 4 heterocycles. The first-order valence-electron chi connectivity index (χ1n) is 11.0. The molecule has 0 aliphatic heterocycles. The number of hydrogen-bond donors (Lipinski definition) is 2. The molecule has 0 atom stereocenters. The molecule has 6 rings (SSSR count). The third-order valence-corrected chi connectivity index (χ3v) is 6.09. The van der Waals surface area contributed by atoms with Crippen LogP contribution in [0.4, 0.5) is 11.5 Å². The molecule has 8 nitrogen and oxygen atoms in total. The third kappa shape index (κ3) is 3.07. The molecule has 4 aromatic heterocycles. The number of aromatic nitrogens is 5. The monoisotopic (exact) mass is 450 g/mol. The maximum atomic E-state index is 5.79. The van der Waals surface area contributed by atoms with Crippen molar-refractivity contribution in [3.8, 4) is 16.9 Å². The summed E-state index contributed by atoms with van der Waals surface area (Å²) < 4.78 is 11.2. The first kappa shape index (κ1) is 20.2. The Bertz CT molecular complexity index is 1690. The summed E-state index contributed by atoms with van der Waals surface area (Å²) in [7, 11) is 1.67. The Hall–Kier alpha value is -4.46. The quantitative estimate of drug-likeness (QED) is 0.340. The van der Waals surface area contributed by atoms with Crippen molar-refractivity contribution in [1.29, 1.82) is 0 Å². The molecule has 2 aromatic carbocycles. The maximum Gasteiger partial charge on any atom is 0.144 e. The van der Waals surface area contributed by atoms with Crippen molar-refractivity contribution in [2.45, 2.75) is 20.8 Å². The molecule has 0 aliphatic rings. The fourth-order valence-corrected chi connectivity index (χ4v) is 4.59. The lowest BCUT2D eigenvalue weighted by Crippen LogP contribution is -1.99. The van der Waals surface area contributed by atoms with E-state index in [9.17, 15) is 0 Å². The van der Waals surface area contributed by atoms with Crippen LogP contribution in [0.25, 0.3) is 44.0 Å². The number of fused-ring (bicyclic) bond motifs is 4. The topological polar surface area (TPSA) is 102 Å². The Labute approximate surface area is 195 Å². The number of hydrogen-bond acceptors (Lipinski definition) is 7. The van der Waals surface area contributed by atoms with Crippen LogP contribution in [0, 0.1) is 20.8 Å². The number of ether oxygens (including phenoxy) is 1.